The van der Waals surface area contributed by atoms with Crippen molar-refractivity contribution >= 4 is 23.5 Å². The fourth-order valence-corrected chi connectivity index (χ4v) is 4.31. The van der Waals surface area contributed by atoms with Gasteiger partial charge < -0.3 is 19.6 Å². The van der Waals surface area contributed by atoms with Crippen LogP contribution in [-0.2, 0) is 14.3 Å². The molecule has 1 aliphatic carbocycles. The van der Waals surface area contributed by atoms with E-state index in [-0.39, 0.29) is 23.6 Å². The number of hydrogen-bond donors (Lipinski definition) is 0. The third-order valence-electron chi connectivity index (χ3n) is 6.09. The predicted molar refractivity (Wildman–Crippen MR) is 109 cm³/mol. The largest absolute Gasteiger partial charge is 0.475 e. The van der Waals surface area contributed by atoms with Gasteiger partial charge >= 0.3 is 11.8 Å². The monoisotopic (exact) mass is 419 g/mol. The molecule has 9 nitrogen and oxygen atoms in total. The first kappa shape index (κ1) is 22.0. The van der Waals surface area contributed by atoms with Gasteiger partial charge in [-0.25, -0.2) is 4.79 Å². The predicted octanol–water partition coefficient (Wildman–Crippen LogP) is 3.50. The molecule has 2 aliphatic rings. The fourth-order valence-electron chi connectivity index (χ4n) is 4.31. The second-order valence-electron chi connectivity index (χ2n) is 8.69. The van der Waals surface area contributed by atoms with Gasteiger partial charge in [-0.15, -0.1) is 0 Å². The van der Waals surface area contributed by atoms with Crippen molar-refractivity contribution in [3.05, 3.63) is 22.2 Å². The molecule has 164 valence electrons. The van der Waals surface area contributed by atoms with Crippen molar-refractivity contribution < 1.29 is 24.0 Å². The Labute approximate surface area is 175 Å². The molecule has 1 fully saturated rings. The highest BCUT2D eigenvalue weighted by atomic mass is 16.6. The number of aromatic nitrogens is 1. The van der Waals surface area contributed by atoms with Gasteiger partial charge in [-0.2, -0.15) is 0 Å². The SMILES string of the molecule is CC1CCC(C(C)C)C(OC(=O)C(C)N2C(=O)C(C)Oc3ccc([N+](=O)[O-])nc32)C1. The number of carbonyl (C=O) groups excluding carboxylic acids is 2. The molecule has 0 spiro atoms. The number of esters is 1. The van der Waals surface area contributed by atoms with Crippen molar-refractivity contribution in [2.24, 2.45) is 17.8 Å². The highest BCUT2D eigenvalue weighted by molar-refractivity contribution is 6.03. The molecule has 9 heteroatoms. The summed E-state index contributed by atoms with van der Waals surface area (Å²) in [6.07, 6.45) is 1.83. The topological polar surface area (TPSA) is 112 Å². The van der Waals surface area contributed by atoms with Gasteiger partial charge in [0.1, 0.15) is 12.1 Å². The standard InChI is InChI=1S/C21H29N3O6/c1-11(2)15-7-6-12(3)10-17(15)30-21(26)13(4)23-19-16(29-14(5)20(23)25)8-9-18(22-19)24(27)28/h8-9,11-15,17H,6-7,10H2,1-5H3. The Hall–Kier alpha value is -2.71. The normalized spacial score (nSPS) is 27.3. The van der Waals surface area contributed by atoms with Gasteiger partial charge in [-0.1, -0.05) is 27.2 Å². The van der Waals surface area contributed by atoms with Crippen LogP contribution in [0.4, 0.5) is 11.6 Å². The first-order valence-electron chi connectivity index (χ1n) is 10.5. The summed E-state index contributed by atoms with van der Waals surface area (Å²) in [5.41, 5.74) is 0. The average molecular weight is 419 g/mol. The number of nitrogens with zero attached hydrogens (tertiary/aromatic N) is 3. The summed E-state index contributed by atoms with van der Waals surface area (Å²) in [5.74, 6) is -0.162. The van der Waals surface area contributed by atoms with E-state index < -0.39 is 34.8 Å². The summed E-state index contributed by atoms with van der Waals surface area (Å²) < 4.78 is 11.4. The van der Waals surface area contributed by atoms with Crippen molar-refractivity contribution in [1.82, 2.24) is 4.98 Å². The van der Waals surface area contributed by atoms with Gasteiger partial charge in [0.25, 0.3) is 11.7 Å². The number of amides is 1. The van der Waals surface area contributed by atoms with Crippen molar-refractivity contribution in [3.8, 4) is 5.75 Å². The first-order chi connectivity index (χ1) is 14.1. The van der Waals surface area contributed by atoms with Crippen LogP contribution in [0, 0.1) is 27.9 Å². The van der Waals surface area contributed by atoms with Crippen LogP contribution in [0.2, 0.25) is 0 Å². The molecule has 30 heavy (non-hydrogen) atoms. The lowest BCUT2D eigenvalue weighted by atomic mass is 9.75. The molecule has 2 heterocycles. The van der Waals surface area contributed by atoms with Gasteiger partial charge in [-0.05, 0) is 60.4 Å². The van der Waals surface area contributed by atoms with Gasteiger partial charge in [0.2, 0.25) is 0 Å². The van der Waals surface area contributed by atoms with Gasteiger partial charge in [0, 0.05) is 6.07 Å². The minimum absolute atomic E-state index is 0.0332. The lowest BCUT2D eigenvalue weighted by Gasteiger charge is -2.38. The van der Waals surface area contributed by atoms with E-state index in [4.69, 9.17) is 9.47 Å². The lowest BCUT2D eigenvalue weighted by molar-refractivity contribution is -0.389. The highest BCUT2D eigenvalue weighted by Gasteiger charge is 2.43. The third kappa shape index (κ3) is 4.24. The minimum Gasteiger partial charge on any atom is -0.475 e. The van der Waals surface area contributed by atoms with Crippen LogP contribution in [0.3, 0.4) is 0 Å². The molecule has 0 bridgehead atoms. The van der Waals surface area contributed by atoms with Crippen molar-refractivity contribution in [3.63, 3.8) is 0 Å². The second kappa shape index (κ2) is 8.57. The molecule has 1 aromatic heterocycles. The maximum absolute atomic E-state index is 13.0. The first-order valence-corrected chi connectivity index (χ1v) is 10.5. The zero-order chi connectivity index (χ0) is 22.2. The quantitative estimate of drug-likeness (QED) is 0.408. The molecule has 1 aliphatic heterocycles. The summed E-state index contributed by atoms with van der Waals surface area (Å²) in [4.78, 5) is 41.5. The Kier molecular flexibility index (Phi) is 6.28. The Balaban J connectivity index is 1.87. The molecule has 5 unspecified atom stereocenters. The van der Waals surface area contributed by atoms with Crippen LogP contribution in [0.1, 0.15) is 53.9 Å². The molecule has 5 atom stereocenters. The van der Waals surface area contributed by atoms with E-state index >= 15 is 0 Å². The maximum atomic E-state index is 13.0. The minimum atomic E-state index is -0.984. The summed E-state index contributed by atoms with van der Waals surface area (Å²) in [6, 6.07) is 1.62. The smallest absolute Gasteiger partial charge is 0.366 e. The molecule has 1 amide bonds. The Morgan fingerprint density at radius 3 is 2.63 bits per heavy atom. The molecule has 0 aromatic carbocycles. The van der Waals surface area contributed by atoms with Crippen LogP contribution >= 0.6 is 0 Å². The number of carbonyl (C=O) groups is 2. The van der Waals surface area contributed by atoms with Gasteiger partial charge in [-0.3, -0.25) is 9.69 Å². The Bertz CT molecular complexity index is 842. The Morgan fingerprint density at radius 1 is 1.30 bits per heavy atom. The summed E-state index contributed by atoms with van der Waals surface area (Å²) in [5, 5.41) is 11.1. The maximum Gasteiger partial charge on any atom is 0.366 e. The van der Waals surface area contributed by atoms with E-state index in [1.807, 2.05) is 0 Å². The molecule has 3 rings (SSSR count). The molecule has 0 N–H and O–H groups in total. The van der Waals surface area contributed by atoms with Crippen molar-refractivity contribution in [1.29, 1.82) is 0 Å². The zero-order valence-corrected chi connectivity index (χ0v) is 18.0. The van der Waals surface area contributed by atoms with E-state index in [0.29, 0.717) is 11.8 Å². The van der Waals surface area contributed by atoms with Crippen LogP contribution in [0.25, 0.3) is 0 Å². The zero-order valence-electron chi connectivity index (χ0n) is 18.0. The Morgan fingerprint density at radius 2 is 2.00 bits per heavy atom. The number of anilines is 1. The number of nitro groups is 1. The van der Waals surface area contributed by atoms with E-state index in [2.05, 4.69) is 25.8 Å². The average Bonchev–Trinajstić information content (AvgIpc) is 2.68. The lowest BCUT2D eigenvalue weighted by Crippen LogP contribution is -2.53. The third-order valence-corrected chi connectivity index (χ3v) is 6.09. The van der Waals surface area contributed by atoms with Crippen LogP contribution < -0.4 is 9.64 Å². The number of hydrogen-bond acceptors (Lipinski definition) is 7. The van der Waals surface area contributed by atoms with Gasteiger partial charge in [0.05, 0.1) is 0 Å². The molecule has 1 saturated carbocycles. The molecule has 0 radical (unpaired) electrons. The molecule has 1 aromatic rings. The second-order valence-corrected chi connectivity index (χ2v) is 8.69. The van der Waals surface area contributed by atoms with Crippen molar-refractivity contribution in [2.75, 3.05) is 4.90 Å². The van der Waals surface area contributed by atoms with E-state index in [0.717, 1.165) is 24.2 Å². The number of rotatable bonds is 5. The summed E-state index contributed by atoms with van der Waals surface area (Å²) in [7, 11) is 0. The molecular formula is C21H29N3O6. The fraction of sp³-hybridized carbons (Fsp3) is 0.667. The molecule has 0 saturated heterocycles. The number of ether oxygens (including phenoxy) is 2. The number of fused-ring (bicyclic) bond motifs is 1. The van der Waals surface area contributed by atoms with E-state index in [1.54, 1.807) is 13.8 Å². The van der Waals surface area contributed by atoms with Gasteiger partial charge in [0.15, 0.2) is 11.9 Å². The van der Waals surface area contributed by atoms with Crippen LogP contribution in [-0.4, -0.2) is 40.0 Å². The highest BCUT2D eigenvalue weighted by Crippen LogP contribution is 2.38. The summed E-state index contributed by atoms with van der Waals surface area (Å²) >= 11 is 0. The molecular weight excluding hydrogens is 390 g/mol. The van der Waals surface area contributed by atoms with E-state index in [1.165, 1.54) is 12.1 Å². The van der Waals surface area contributed by atoms with Crippen molar-refractivity contribution in [2.45, 2.75) is 72.1 Å². The van der Waals surface area contributed by atoms with Crippen LogP contribution in [0.15, 0.2) is 12.1 Å². The number of pyridine rings is 1. The van der Waals surface area contributed by atoms with Crippen LogP contribution in [0.5, 0.6) is 5.75 Å². The van der Waals surface area contributed by atoms with E-state index in [9.17, 15) is 19.7 Å². The summed E-state index contributed by atoms with van der Waals surface area (Å²) in [6.45, 7) is 9.51.